The molecule has 1 heterocycles. The molecule has 1 N–H and O–H groups in total. The van der Waals surface area contributed by atoms with E-state index >= 15 is 0 Å². The first-order chi connectivity index (χ1) is 8.24. The van der Waals surface area contributed by atoms with Crippen LogP contribution in [0, 0.1) is 11.8 Å². The molecule has 1 saturated carbocycles. The Morgan fingerprint density at radius 1 is 1.12 bits per heavy atom. The fourth-order valence-corrected chi connectivity index (χ4v) is 3.38. The van der Waals surface area contributed by atoms with E-state index in [2.05, 4.69) is 4.90 Å². The molecular weight excluding hydrogens is 214 g/mol. The van der Waals surface area contributed by atoms with Crippen molar-refractivity contribution in [2.75, 3.05) is 19.6 Å². The maximum atomic E-state index is 10.5. The zero-order chi connectivity index (χ0) is 12.1. The second-order valence-corrected chi connectivity index (χ2v) is 5.85. The third-order valence-corrected chi connectivity index (χ3v) is 4.38. The zero-order valence-corrected chi connectivity index (χ0v) is 10.7. The normalized spacial score (nSPS) is 27.4. The quantitative estimate of drug-likeness (QED) is 0.802. The lowest BCUT2D eigenvalue weighted by molar-refractivity contribution is -0.137. The summed E-state index contributed by atoms with van der Waals surface area (Å²) < 4.78 is 0. The van der Waals surface area contributed by atoms with Gasteiger partial charge in [-0.3, -0.25) is 4.79 Å². The minimum absolute atomic E-state index is 0.349. The summed E-state index contributed by atoms with van der Waals surface area (Å²) in [7, 11) is 0. The van der Waals surface area contributed by atoms with Crippen LogP contribution in [0.1, 0.15) is 51.4 Å². The van der Waals surface area contributed by atoms with Crippen LogP contribution >= 0.6 is 0 Å². The first-order valence-electron chi connectivity index (χ1n) is 7.18. The van der Waals surface area contributed by atoms with E-state index in [0.29, 0.717) is 12.3 Å². The average Bonchev–Trinajstić information content (AvgIpc) is 2.75. The van der Waals surface area contributed by atoms with Crippen molar-refractivity contribution in [3.63, 3.8) is 0 Å². The molecule has 3 nitrogen and oxygen atoms in total. The lowest BCUT2D eigenvalue weighted by Crippen LogP contribution is -2.28. The first-order valence-corrected chi connectivity index (χ1v) is 7.18. The molecule has 0 radical (unpaired) electrons. The summed E-state index contributed by atoms with van der Waals surface area (Å²) >= 11 is 0. The highest BCUT2D eigenvalue weighted by Crippen LogP contribution is 2.27. The highest BCUT2D eigenvalue weighted by molar-refractivity contribution is 5.66. The average molecular weight is 239 g/mol. The zero-order valence-electron chi connectivity index (χ0n) is 10.7. The summed E-state index contributed by atoms with van der Waals surface area (Å²) in [5.41, 5.74) is 0. The molecule has 0 aromatic heterocycles. The summed E-state index contributed by atoms with van der Waals surface area (Å²) in [6, 6.07) is 0. The number of likely N-dealkylation sites (tertiary alicyclic amines) is 1. The van der Waals surface area contributed by atoms with Gasteiger partial charge in [-0.05, 0) is 44.1 Å². The van der Waals surface area contributed by atoms with E-state index < -0.39 is 5.97 Å². The second-order valence-electron chi connectivity index (χ2n) is 5.85. The first kappa shape index (κ1) is 12.9. The number of hydrogen-bond donors (Lipinski definition) is 1. The van der Waals surface area contributed by atoms with Gasteiger partial charge in [0.15, 0.2) is 0 Å². The van der Waals surface area contributed by atoms with Crippen molar-refractivity contribution in [1.82, 2.24) is 4.90 Å². The van der Waals surface area contributed by atoms with Gasteiger partial charge < -0.3 is 10.0 Å². The van der Waals surface area contributed by atoms with Crippen molar-refractivity contribution in [2.24, 2.45) is 11.8 Å². The van der Waals surface area contributed by atoms with Gasteiger partial charge in [0.25, 0.3) is 0 Å². The molecule has 1 aliphatic heterocycles. The Balaban J connectivity index is 1.64. The number of nitrogens with zero attached hydrogens (tertiary/aromatic N) is 1. The minimum atomic E-state index is -0.643. The maximum absolute atomic E-state index is 10.5. The highest BCUT2D eigenvalue weighted by Gasteiger charge is 2.25. The molecule has 1 unspecified atom stereocenters. The Morgan fingerprint density at radius 3 is 2.59 bits per heavy atom. The van der Waals surface area contributed by atoms with Crippen molar-refractivity contribution in [3.8, 4) is 0 Å². The van der Waals surface area contributed by atoms with E-state index in [0.717, 1.165) is 18.9 Å². The fraction of sp³-hybridized carbons (Fsp3) is 0.929. The van der Waals surface area contributed by atoms with E-state index in [1.165, 1.54) is 51.6 Å². The Hall–Kier alpha value is -0.570. The molecular formula is C14H25NO2. The number of aliphatic carboxylic acids is 1. The van der Waals surface area contributed by atoms with E-state index in [4.69, 9.17) is 5.11 Å². The Kier molecular flexibility index (Phi) is 4.84. The smallest absolute Gasteiger partial charge is 0.303 e. The monoisotopic (exact) mass is 239 g/mol. The Morgan fingerprint density at radius 2 is 1.88 bits per heavy atom. The SMILES string of the molecule is O=C(O)CCC1CCN(CC2CCCCC2)C1. The van der Waals surface area contributed by atoms with Crippen molar-refractivity contribution in [1.29, 1.82) is 0 Å². The van der Waals surface area contributed by atoms with Gasteiger partial charge in [0.1, 0.15) is 0 Å². The minimum Gasteiger partial charge on any atom is -0.481 e. The van der Waals surface area contributed by atoms with E-state index in [1.54, 1.807) is 0 Å². The molecule has 1 aliphatic carbocycles. The van der Waals surface area contributed by atoms with Crippen LogP contribution in [0.5, 0.6) is 0 Å². The van der Waals surface area contributed by atoms with Crippen molar-refractivity contribution < 1.29 is 9.90 Å². The summed E-state index contributed by atoms with van der Waals surface area (Å²) in [5.74, 6) is 0.910. The highest BCUT2D eigenvalue weighted by atomic mass is 16.4. The number of rotatable bonds is 5. The van der Waals surface area contributed by atoms with E-state index in [-0.39, 0.29) is 0 Å². The van der Waals surface area contributed by atoms with Crippen LogP contribution in [0.3, 0.4) is 0 Å². The van der Waals surface area contributed by atoms with Crippen LogP contribution in [0.4, 0.5) is 0 Å². The second kappa shape index (κ2) is 6.39. The van der Waals surface area contributed by atoms with Gasteiger partial charge in [0.05, 0.1) is 0 Å². The predicted molar refractivity (Wildman–Crippen MR) is 68.0 cm³/mol. The summed E-state index contributed by atoms with van der Waals surface area (Å²) in [5, 5.41) is 8.69. The van der Waals surface area contributed by atoms with Gasteiger partial charge in [-0.25, -0.2) is 0 Å². The van der Waals surface area contributed by atoms with Gasteiger partial charge in [0, 0.05) is 19.5 Å². The molecule has 3 heteroatoms. The van der Waals surface area contributed by atoms with Gasteiger partial charge in [0.2, 0.25) is 0 Å². The van der Waals surface area contributed by atoms with Crippen molar-refractivity contribution in [3.05, 3.63) is 0 Å². The third kappa shape index (κ3) is 4.30. The molecule has 17 heavy (non-hydrogen) atoms. The molecule has 1 saturated heterocycles. The molecule has 2 rings (SSSR count). The molecule has 98 valence electrons. The molecule has 0 spiro atoms. The van der Waals surface area contributed by atoms with Crippen LogP contribution in [-0.4, -0.2) is 35.6 Å². The predicted octanol–water partition coefficient (Wildman–Crippen LogP) is 2.75. The molecule has 2 fully saturated rings. The molecule has 0 bridgehead atoms. The summed E-state index contributed by atoms with van der Waals surface area (Å²) in [4.78, 5) is 13.1. The van der Waals surface area contributed by atoms with Gasteiger partial charge in [-0.15, -0.1) is 0 Å². The number of carboxylic acids is 1. The standard InChI is InChI=1S/C14H25NO2/c16-14(17)7-6-13-8-9-15(11-13)10-12-4-2-1-3-5-12/h12-13H,1-11H2,(H,16,17). The van der Waals surface area contributed by atoms with Crippen LogP contribution in [0.2, 0.25) is 0 Å². The molecule has 0 amide bonds. The maximum Gasteiger partial charge on any atom is 0.303 e. The van der Waals surface area contributed by atoms with E-state index in [1.807, 2.05) is 0 Å². The molecule has 0 aromatic carbocycles. The Labute approximate surface area is 104 Å². The van der Waals surface area contributed by atoms with Crippen LogP contribution < -0.4 is 0 Å². The Bertz CT molecular complexity index is 249. The summed E-state index contributed by atoms with van der Waals surface area (Å²) in [6.07, 6.45) is 9.52. The molecule has 0 aromatic rings. The fourth-order valence-electron chi connectivity index (χ4n) is 3.38. The van der Waals surface area contributed by atoms with Crippen LogP contribution in [0.25, 0.3) is 0 Å². The summed E-state index contributed by atoms with van der Waals surface area (Å²) in [6.45, 7) is 3.61. The third-order valence-electron chi connectivity index (χ3n) is 4.38. The number of hydrogen-bond acceptors (Lipinski definition) is 2. The lowest BCUT2D eigenvalue weighted by Gasteiger charge is -2.26. The topological polar surface area (TPSA) is 40.5 Å². The lowest BCUT2D eigenvalue weighted by atomic mass is 9.89. The van der Waals surface area contributed by atoms with E-state index in [9.17, 15) is 4.79 Å². The molecule has 2 aliphatic rings. The number of carboxylic acid groups (broad SMARTS) is 1. The number of carbonyl (C=O) groups is 1. The molecule has 1 atom stereocenters. The van der Waals surface area contributed by atoms with Crippen LogP contribution in [-0.2, 0) is 4.79 Å². The van der Waals surface area contributed by atoms with Crippen molar-refractivity contribution in [2.45, 2.75) is 51.4 Å². The van der Waals surface area contributed by atoms with Gasteiger partial charge >= 0.3 is 5.97 Å². The van der Waals surface area contributed by atoms with Gasteiger partial charge in [-0.2, -0.15) is 0 Å². The van der Waals surface area contributed by atoms with Gasteiger partial charge in [-0.1, -0.05) is 19.3 Å². The van der Waals surface area contributed by atoms with Crippen LogP contribution in [0.15, 0.2) is 0 Å². The van der Waals surface area contributed by atoms with Crippen molar-refractivity contribution >= 4 is 5.97 Å². The largest absolute Gasteiger partial charge is 0.481 e.